The summed E-state index contributed by atoms with van der Waals surface area (Å²) in [5, 5.41) is 10.8. The molecule has 1 aliphatic heterocycles. The van der Waals surface area contributed by atoms with Crippen LogP contribution in [0.5, 0.6) is 5.75 Å². The highest BCUT2D eigenvalue weighted by Gasteiger charge is 2.65. The zero-order chi connectivity index (χ0) is 17.1. The van der Waals surface area contributed by atoms with Gasteiger partial charge in [0, 0.05) is 5.56 Å². The van der Waals surface area contributed by atoms with Gasteiger partial charge in [-0.1, -0.05) is 51.2 Å². The third kappa shape index (κ3) is 1.87. The van der Waals surface area contributed by atoms with Crippen molar-refractivity contribution in [2.45, 2.75) is 59.3 Å². The number of phenols is 1. The maximum atomic E-state index is 13.2. The first-order valence-electron chi connectivity index (χ1n) is 9.52. The molecule has 2 nitrogen and oxygen atoms in total. The largest absolute Gasteiger partial charge is 0.507 e. The van der Waals surface area contributed by atoms with Gasteiger partial charge in [-0.15, -0.1) is 0 Å². The standard InChI is InChI=1S/C21H27BO2/c1-4-5-6-7-13-10-16-18(17(23)11-13)15-12-14-8-9-21(15,19(24)22-16)20(14,2)3/h10-12,14,22-23H,4-9H2,1-3H3. The average Bonchev–Trinajstić information content (AvgIpc) is 2.91. The molecule has 1 heterocycles. The maximum Gasteiger partial charge on any atom is 0.241 e. The number of aromatic hydroxyl groups is 1. The summed E-state index contributed by atoms with van der Waals surface area (Å²) in [5.41, 5.74) is 4.33. The molecule has 1 aromatic rings. The Morgan fingerprint density at radius 1 is 1.29 bits per heavy atom. The number of benzene rings is 1. The summed E-state index contributed by atoms with van der Waals surface area (Å²) in [5.74, 6) is 0.853. The van der Waals surface area contributed by atoms with Crippen molar-refractivity contribution in [1.29, 1.82) is 0 Å². The quantitative estimate of drug-likeness (QED) is 0.680. The van der Waals surface area contributed by atoms with Crippen LogP contribution in [0.15, 0.2) is 18.2 Å². The molecule has 1 saturated carbocycles. The predicted molar refractivity (Wildman–Crippen MR) is 100 cm³/mol. The molecule has 2 bridgehead atoms. The van der Waals surface area contributed by atoms with Gasteiger partial charge in [-0.25, -0.2) is 0 Å². The number of carbonyl (C=O) groups is 1. The van der Waals surface area contributed by atoms with Crippen LogP contribution in [-0.4, -0.2) is 18.1 Å². The van der Waals surface area contributed by atoms with Crippen molar-refractivity contribution in [3.8, 4) is 5.75 Å². The van der Waals surface area contributed by atoms with Gasteiger partial charge in [0.25, 0.3) is 0 Å². The number of allylic oxidation sites excluding steroid dienone is 2. The van der Waals surface area contributed by atoms with Gasteiger partial charge in [0.05, 0.1) is 5.41 Å². The normalized spacial score (nSPS) is 29.0. The Bertz CT molecular complexity index is 746. The van der Waals surface area contributed by atoms with E-state index in [-0.39, 0.29) is 10.8 Å². The minimum absolute atomic E-state index is 0.0106. The van der Waals surface area contributed by atoms with Gasteiger partial charge < -0.3 is 9.90 Å². The SMILES string of the molecule is CCCCCc1cc(O)c2c(c1)BC(=O)C13CCC(C=C21)C3(C)C. The number of unbranched alkanes of at least 4 members (excludes halogenated alkanes) is 2. The van der Waals surface area contributed by atoms with E-state index in [9.17, 15) is 9.90 Å². The van der Waals surface area contributed by atoms with E-state index in [2.05, 4.69) is 32.9 Å². The molecule has 24 heavy (non-hydrogen) atoms. The van der Waals surface area contributed by atoms with Crippen LogP contribution in [0.4, 0.5) is 0 Å². The van der Waals surface area contributed by atoms with E-state index in [1.807, 2.05) is 6.07 Å². The zero-order valence-electron chi connectivity index (χ0n) is 15.1. The molecule has 126 valence electrons. The van der Waals surface area contributed by atoms with Crippen LogP contribution in [0.25, 0.3) is 5.57 Å². The second kappa shape index (κ2) is 5.24. The Kier molecular flexibility index (Phi) is 3.49. The summed E-state index contributed by atoms with van der Waals surface area (Å²) in [6.07, 6.45) is 8.89. The van der Waals surface area contributed by atoms with Crippen LogP contribution in [0.1, 0.15) is 64.0 Å². The molecule has 3 aliphatic rings. The molecule has 2 atom stereocenters. The number of rotatable bonds is 4. The van der Waals surface area contributed by atoms with Crippen LogP contribution in [0.2, 0.25) is 0 Å². The molecule has 0 saturated heterocycles. The van der Waals surface area contributed by atoms with E-state index in [0.717, 1.165) is 42.3 Å². The Labute approximate surface area is 145 Å². The first-order valence-corrected chi connectivity index (χ1v) is 9.52. The maximum absolute atomic E-state index is 13.2. The molecule has 1 N–H and O–H groups in total. The zero-order valence-corrected chi connectivity index (χ0v) is 15.1. The molecule has 0 radical (unpaired) electrons. The van der Waals surface area contributed by atoms with Crippen molar-refractivity contribution in [3.63, 3.8) is 0 Å². The van der Waals surface area contributed by atoms with Gasteiger partial charge in [0.2, 0.25) is 7.28 Å². The predicted octanol–water partition coefficient (Wildman–Crippen LogP) is 3.55. The first kappa shape index (κ1) is 16.0. The number of hydrogen-bond donors (Lipinski definition) is 1. The molecule has 0 amide bonds. The number of aryl methyl sites for hydroxylation is 1. The number of hydrogen-bond acceptors (Lipinski definition) is 2. The summed E-state index contributed by atoms with van der Waals surface area (Å²) in [7, 11) is 0.484. The number of fused-ring (bicyclic) bond motifs is 3. The lowest BCUT2D eigenvalue weighted by atomic mass is 9.44. The van der Waals surface area contributed by atoms with Crippen molar-refractivity contribution in [2.24, 2.45) is 16.7 Å². The number of phenolic OH excluding ortho intramolecular Hbond substituents is 1. The molecule has 0 aromatic heterocycles. The van der Waals surface area contributed by atoms with Crippen molar-refractivity contribution < 1.29 is 9.90 Å². The second-order valence-electron chi connectivity index (χ2n) is 8.56. The highest BCUT2D eigenvalue weighted by atomic mass is 16.3. The smallest absolute Gasteiger partial charge is 0.241 e. The van der Waals surface area contributed by atoms with Gasteiger partial charge in [-0.05, 0) is 54.2 Å². The van der Waals surface area contributed by atoms with E-state index < -0.39 is 0 Å². The van der Waals surface area contributed by atoms with Gasteiger partial charge in [-0.2, -0.15) is 0 Å². The third-order valence-electron chi connectivity index (χ3n) is 7.11. The summed E-state index contributed by atoms with van der Waals surface area (Å²) < 4.78 is 0. The van der Waals surface area contributed by atoms with Crippen LogP contribution in [0, 0.1) is 16.7 Å². The minimum atomic E-state index is -0.355. The molecule has 4 rings (SSSR count). The van der Waals surface area contributed by atoms with Crippen molar-refractivity contribution >= 4 is 24.0 Å². The fraction of sp³-hybridized carbons (Fsp3) is 0.571. The van der Waals surface area contributed by atoms with Gasteiger partial charge in [0.15, 0.2) is 0 Å². The fourth-order valence-electron chi connectivity index (χ4n) is 5.68. The van der Waals surface area contributed by atoms with Crippen LogP contribution in [-0.2, 0) is 11.2 Å². The van der Waals surface area contributed by atoms with E-state index in [0.29, 0.717) is 24.6 Å². The van der Waals surface area contributed by atoms with Gasteiger partial charge in [-0.3, -0.25) is 0 Å². The van der Waals surface area contributed by atoms with Crippen LogP contribution >= 0.6 is 0 Å². The van der Waals surface area contributed by atoms with E-state index in [1.54, 1.807) is 0 Å². The van der Waals surface area contributed by atoms with Crippen LogP contribution in [0.3, 0.4) is 0 Å². The fourth-order valence-corrected chi connectivity index (χ4v) is 5.68. The summed E-state index contributed by atoms with van der Waals surface area (Å²) in [6, 6.07) is 4.12. The molecular weight excluding hydrogens is 295 g/mol. The lowest BCUT2D eigenvalue weighted by Crippen LogP contribution is -2.50. The molecule has 1 fully saturated rings. The average molecular weight is 322 g/mol. The van der Waals surface area contributed by atoms with Crippen molar-refractivity contribution in [3.05, 3.63) is 29.3 Å². The molecule has 3 heteroatoms. The molecule has 2 unspecified atom stereocenters. The molecular formula is C21H27BO2. The molecule has 1 aromatic carbocycles. The minimum Gasteiger partial charge on any atom is -0.507 e. The molecule has 2 aliphatic carbocycles. The van der Waals surface area contributed by atoms with E-state index >= 15 is 0 Å². The van der Waals surface area contributed by atoms with Gasteiger partial charge >= 0.3 is 0 Å². The highest BCUT2D eigenvalue weighted by Crippen LogP contribution is 2.69. The Morgan fingerprint density at radius 2 is 2.08 bits per heavy atom. The highest BCUT2D eigenvalue weighted by molar-refractivity contribution is 6.87. The number of carbonyl (C=O) groups excluding carboxylic acids is 1. The van der Waals surface area contributed by atoms with Gasteiger partial charge in [0.1, 0.15) is 11.4 Å². The summed E-state index contributed by atoms with van der Waals surface area (Å²) in [4.78, 5) is 13.2. The second-order valence-corrected chi connectivity index (χ2v) is 8.56. The van der Waals surface area contributed by atoms with Crippen molar-refractivity contribution in [2.75, 3.05) is 0 Å². The van der Waals surface area contributed by atoms with Crippen molar-refractivity contribution in [1.82, 2.24) is 0 Å². The summed E-state index contributed by atoms with van der Waals surface area (Å²) in [6.45, 7) is 6.69. The topological polar surface area (TPSA) is 37.3 Å². The third-order valence-corrected chi connectivity index (χ3v) is 7.11. The Morgan fingerprint density at radius 3 is 2.79 bits per heavy atom. The Hall–Kier alpha value is -1.51. The summed E-state index contributed by atoms with van der Waals surface area (Å²) >= 11 is 0. The first-order chi connectivity index (χ1) is 11.4. The lowest BCUT2D eigenvalue weighted by Gasteiger charge is -2.43. The van der Waals surface area contributed by atoms with E-state index in [1.165, 1.54) is 18.4 Å². The Balaban J connectivity index is 1.78. The monoisotopic (exact) mass is 322 g/mol. The van der Waals surface area contributed by atoms with E-state index in [4.69, 9.17) is 0 Å². The molecule has 1 spiro atoms. The van der Waals surface area contributed by atoms with Crippen LogP contribution < -0.4 is 5.46 Å². The lowest BCUT2D eigenvalue weighted by molar-refractivity contribution is -0.121.